The first-order valence-corrected chi connectivity index (χ1v) is 5.86. The highest BCUT2D eigenvalue weighted by atomic mass is 15.1. The third kappa shape index (κ3) is 3.94. The lowest BCUT2D eigenvalue weighted by Crippen LogP contribution is -2.31. The average molecular weight is 204 g/mol. The van der Waals surface area contributed by atoms with Crippen LogP contribution >= 0.6 is 0 Å². The van der Waals surface area contributed by atoms with Crippen LogP contribution in [0.25, 0.3) is 0 Å². The zero-order valence-corrected chi connectivity index (χ0v) is 9.95. The van der Waals surface area contributed by atoms with Crippen molar-refractivity contribution >= 4 is 5.69 Å². The minimum Gasteiger partial charge on any atom is -0.369 e. The molecule has 0 saturated carbocycles. The third-order valence-electron chi connectivity index (χ3n) is 2.61. The Balaban J connectivity index is 2.58. The lowest BCUT2D eigenvalue weighted by atomic mass is 10.2. The van der Waals surface area contributed by atoms with Crippen molar-refractivity contribution in [2.75, 3.05) is 11.4 Å². The smallest absolute Gasteiger partial charge is 0.0368 e. The molecule has 83 valence electrons. The number of unbranched alkanes of at least 4 members (excludes halogenated alkanes) is 2. The van der Waals surface area contributed by atoms with Crippen molar-refractivity contribution in [2.45, 2.75) is 39.2 Å². The van der Waals surface area contributed by atoms with E-state index in [9.17, 15) is 0 Å². The molecule has 0 amide bonds. The van der Waals surface area contributed by atoms with Crippen molar-refractivity contribution in [1.82, 2.24) is 0 Å². The summed E-state index contributed by atoms with van der Waals surface area (Å²) in [7, 11) is 0. The fourth-order valence-corrected chi connectivity index (χ4v) is 1.76. The molecule has 0 aliphatic heterocycles. The summed E-state index contributed by atoms with van der Waals surface area (Å²) in [5.74, 6) is 0. The van der Waals surface area contributed by atoms with Gasteiger partial charge in [-0.25, -0.2) is 0 Å². The molecule has 1 radical (unpaired) electrons. The van der Waals surface area contributed by atoms with E-state index in [1.165, 1.54) is 18.5 Å². The van der Waals surface area contributed by atoms with Gasteiger partial charge in [0.15, 0.2) is 0 Å². The minimum absolute atomic E-state index is 0.567. The summed E-state index contributed by atoms with van der Waals surface area (Å²) in [6, 6.07) is 11.2. The van der Waals surface area contributed by atoms with Gasteiger partial charge in [-0.1, -0.05) is 38.0 Å². The Labute approximate surface area is 94.1 Å². The van der Waals surface area contributed by atoms with E-state index in [0.29, 0.717) is 6.04 Å². The second kappa shape index (κ2) is 6.49. The molecule has 0 aromatic heterocycles. The van der Waals surface area contributed by atoms with Gasteiger partial charge in [0, 0.05) is 18.3 Å². The van der Waals surface area contributed by atoms with E-state index < -0.39 is 0 Å². The highest BCUT2D eigenvalue weighted by molar-refractivity contribution is 5.46. The summed E-state index contributed by atoms with van der Waals surface area (Å²) in [4.78, 5) is 2.45. The van der Waals surface area contributed by atoms with Crippen LogP contribution in [-0.2, 0) is 0 Å². The Bertz CT molecular complexity index is 253. The van der Waals surface area contributed by atoms with E-state index in [2.05, 4.69) is 56.0 Å². The Hall–Kier alpha value is -0.980. The van der Waals surface area contributed by atoms with Crippen molar-refractivity contribution < 1.29 is 0 Å². The monoisotopic (exact) mass is 204 g/mol. The molecule has 0 fully saturated rings. The van der Waals surface area contributed by atoms with Crippen molar-refractivity contribution in [1.29, 1.82) is 0 Å². The van der Waals surface area contributed by atoms with Crippen LogP contribution in [-0.4, -0.2) is 12.6 Å². The van der Waals surface area contributed by atoms with Gasteiger partial charge in [-0.15, -0.1) is 0 Å². The molecule has 15 heavy (non-hydrogen) atoms. The van der Waals surface area contributed by atoms with E-state index in [-0.39, 0.29) is 0 Å². The van der Waals surface area contributed by atoms with Gasteiger partial charge < -0.3 is 4.90 Å². The maximum atomic E-state index is 3.88. The van der Waals surface area contributed by atoms with E-state index in [1.807, 2.05) is 0 Å². The molecular weight excluding hydrogens is 182 g/mol. The zero-order valence-electron chi connectivity index (χ0n) is 9.95. The Morgan fingerprint density at radius 2 is 1.80 bits per heavy atom. The topological polar surface area (TPSA) is 3.24 Å². The lowest BCUT2D eigenvalue weighted by Gasteiger charge is -2.29. The standard InChI is InChI=1S/C14H22N/c1-4-5-9-12-15(13(2)3)14-10-7-6-8-11-14/h6-8,10-11,13H,1,4-5,9,12H2,2-3H3. The number of hydrogen-bond acceptors (Lipinski definition) is 1. The predicted octanol–water partition coefficient (Wildman–Crippen LogP) is 3.91. The molecule has 1 rings (SSSR count). The highest BCUT2D eigenvalue weighted by Crippen LogP contribution is 2.17. The second-order valence-corrected chi connectivity index (χ2v) is 4.18. The predicted molar refractivity (Wildman–Crippen MR) is 68.1 cm³/mol. The Morgan fingerprint density at radius 1 is 1.13 bits per heavy atom. The summed E-state index contributed by atoms with van der Waals surface area (Å²) in [5.41, 5.74) is 1.33. The molecule has 1 nitrogen and oxygen atoms in total. The molecule has 0 aliphatic carbocycles. The van der Waals surface area contributed by atoms with E-state index in [4.69, 9.17) is 0 Å². The van der Waals surface area contributed by atoms with Crippen LogP contribution < -0.4 is 4.90 Å². The molecule has 1 aromatic carbocycles. The van der Waals surface area contributed by atoms with E-state index in [1.54, 1.807) is 0 Å². The molecule has 1 heteroatoms. The lowest BCUT2D eigenvalue weighted by molar-refractivity contribution is 0.634. The first-order valence-electron chi connectivity index (χ1n) is 5.86. The van der Waals surface area contributed by atoms with Crippen LogP contribution in [0.5, 0.6) is 0 Å². The number of para-hydroxylation sites is 1. The van der Waals surface area contributed by atoms with Crippen LogP contribution in [0.2, 0.25) is 0 Å². The summed E-state index contributed by atoms with van der Waals surface area (Å²) >= 11 is 0. The van der Waals surface area contributed by atoms with Crippen molar-refractivity contribution in [3.63, 3.8) is 0 Å². The van der Waals surface area contributed by atoms with Crippen LogP contribution in [0, 0.1) is 6.92 Å². The third-order valence-corrected chi connectivity index (χ3v) is 2.61. The molecule has 0 bridgehead atoms. The molecular formula is C14H22N. The van der Waals surface area contributed by atoms with Crippen LogP contribution in [0.15, 0.2) is 30.3 Å². The Kier molecular flexibility index (Phi) is 5.23. The summed E-state index contributed by atoms with van der Waals surface area (Å²) in [5, 5.41) is 0. The van der Waals surface area contributed by atoms with Crippen molar-refractivity contribution in [3.05, 3.63) is 37.3 Å². The molecule has 0 atom stereocenters. The highest BCUT2D eigenvalue weighted by Gasteiger charge is 2.08. The number of anilines is 1. The minimum atomic E-state index is 0.567. The number of nitrogens with zero attached hydrogens (tertiary/aromatic N) is 1. The van der Waals surface area contributed by atoms with Crippen LogP contribution in [0.4, 0.5) is 5.69 Å². The van der Waals surface area contributed by atoms with Crippen molar-refractivity contribution in [3.8, 4) is 0 Å². The number of benzene rings is 1. The number of rotatable bonds is 6. The van der Waals surface area contributed by atoms with Gasteiger partial charge in [0.1, 0.15) is 0 Å². The molecule has 0 N–H and O–H groups in total. The van der Waals surface area contributed by atoms with E-state index >= 15 is 0 Å². The second-order valence-electron chi connectivity index (χ2n) is 4.18. The van der Waals surface area contributed by atoms with Gasteiger partial charge in [0.2, 0.25) is 0 Å². The first-order chi connectivity index (χ1) is 7.25. The number of hydrogen-bond donors (Lipinski definition) is 0. The van der Waals surface area contributed by atoms with Crippen LogP contribution in [0.3, 0.4) is 0 Å². The maximum absolute atomic E-state index is 3.88. The Morgan fingerprint density at radius 3 is 2.33 bits per heavy atom. The van der Waals surface area contributed by atoms with Gasteiger partial charge in [0.05, 0.1) is 0 Å². The molecule has 0 spiro atoms. The largest absolute Gasteiger partial charge is 0.369 e. The molecule has 0 unspecified atom stereocenters. The summed E-state index contributed by atoms with van der Waals surface area (Å²) in [6.45, 7) is 9.51. The van der Waals surface area contributed by atoms with Gasteiger partial charge in [-0.3, -0.25) is 0 Å². The van der Waals surface area contributed by atoms with Gasteiger partial charge in [0.25, 0.3) is 0 Å². The van der Waals surface area contributed by atoms with Gasteiger partial charge in [-0.05, 0) is 32.4 Å². The van der Waals surface area contributed by atoms with Crippen molar-refractivity contribution in [2.24, 2.45) is 0 Å². The molecule has 0 aliphatic rings. The normalized spacial score (nSPS) is 10.7. The summed E-state index contributed by atoms with van der Waals surface area (Å²) < 4.78 is 0. The zero-order chi connectivity index (χ0) is 11.1. The molecule has 1 aromatic rings. The first kappa shape index (κ1) is 12.1. The molecule has 0 saturated heterocycles. The SMILES string of the molecule is [CH2]CCCCN(c1ccccc1)C(C)C. The van der Waals surface area contributed by atoms with Gasteiger partial charge >= 0.3 is 0 Å². The average Bonchev–Trinajstić information content (AvgIpc) is 2.25. The maximum Gasteiger partial charge on any atom is 0.0368 e. The fraction of sp³-hybridized carbons (Fsp3) is 0.500. The fourth-order valence-electron chi connectivity index (χ4n) is 1.76. The van der Waals surface area contributed by atoms with Gasteiger partial charge in [-0.2, -0.15) is 0 Å². The summed E-state index contributed by atoms with van der Waals surface area (Å²) in [6.07, 6.45) is 3.49. The quantitative estimate of drug-likeness (QED) is 0.635. The van der Waals surface area contributed by atoms with Crippen LogP contribution in [0.1, 0.15) is 33.1 Å². The molecule has 0 heterocycles. The van der Waals surface area contributed by atoms with E-state index in [0.717, 1.165) is 13.0 Å².